The predicted octanol–water partition coefficient (Wildman–Crippen LogP) is 4.64. The molecule has 1 heterocycles. The zero-order valence-corrected chi connectivity index (χ0v) is 13.6. The monoisotopic (exact) mass is 393 g/mol. The van der Waals surface area contributed by atoms with E-state index >= 15 is 0 Å². The molecule has 0 aliphatic heterocycles. The van der Waals surface area contributed by atoms with Crippen molar-refractivity contribution in [3.63, 3.8) is 0 Å². The highest BCUT2D eigenvalue weighted by atomic mass is 79.9. The molecule has 0 unspecified atom stereocenters. The second kappa shape index (κ2) is 6.18. The second-order valence-corrected chi connectivity index (χ2v) is 5.81. The first kappa shape index (κ1) is 15.4. The summed E-state index contributed by atoms with van der Waals surface area (Å²) in [6.45, 7) is 0. The number of rotatable bonds is 2. The summed E-state index contributed by atoms with van der Waals surface area (Å²) >= 11 is 20.9. The van der Waals surface area contributed by atoms with Gasteiger partial charge in [0.15, 0.2) is 0 Å². The van der Waals surface area contributed by atoms with Crippen LogP contribution in [0.5, 0.6) is 0 Å². The van der Waals surface area contributed by atoms with E-state index in [9.17, 15) is 4.79 Å². The summed E-state index contributed by atoms with van der Waals surface area (Å²) < 4.78 is 0.564. The first-order valence-corrected chi connectivity index (χ1v) is 7.18. The maximum Gasteiger partial charge on any atom is 0.257 e. The lowest BCUT2D eigenvalue weighted by Crippen LogP contribution is -2.13. The summed E-state index contributed by atoms with van der Waals surface area (Å²) in [7, 11) is 0. The Morgan fingerprint density at radius 3 is 2.60 bits per heavy atom. The number of anilines is 2. The number of hydrogen-bond donors (Lipinski definition) is 2. The van der Waals surface area contributed by atoms with E-state index in [1.807, 2.05) is 0 Å². The van der Waals surface area contributed by atoms with Gasteiger partial charge in [-0.25, -0.2) is 4.98 Å². The number of nitrogens with zero attached hydrogens (tertiary/aromatic N) is 1. The van der Waals surface area contributed by atoms with Crippen LogP contribution in [0.2, 0.25) is 15.2 Å². The number of amides is 1. The molecular weight excluding hydrogens is 388 g/mol. The highest BCUT2D eigenvalue weighted by molar-refractivity contribution is 9.10. The van der Waals surface area contributed by atoms with E-state index in [1.165, 1.54) is 18.3 Å². The fraction of sp³-hybridized carbons (Fsp3) is 0. The quantitative estimate of drug-likeness (QED) is 0.575. The van der Waals surface area contributed by atoms with Crippen molar-refractivity contribution in [3.05, 3.63) is 49.6 Å². The highest BCUT2D eigenvalue weighted by Crippen LogP contribution is 2.30. The maximum absolute atomic E-state index is 12.1. The molecule has 0 saturated carbocycles. The maximum atomic E-state index is 12.1. The summed E-state index contributed by atoms with van der Waals surface area (Å²) in [4.78, 5) is 16.1. The number of hydrogen-bond acceptors (Lipinski definition) is 3. The van der Waals surface area contributed by atoms with Crippen molar-refractivity contribution in [3.8, 4) is 0 Å². The highest BCUT2D eigenvalue weighted by Gasteiger charge is 2.15. The number of nitrogens with one attached hydrogen (secondary N) is 1. The van der Waals surface area contributed by atoms with Gasteiger partial charge >= 0.3 is 0 Å². The normalized spacial score (nSPS) is 10.4. The second-order valence-electron chi connectivity index (χ2n) is 3.82. The Kier molecular flexibility index (Phi) is 4.75. The van der Waals surface area contributed by atoms with E-state index in [0.717, 1.165) is 0 Å². The van der Waals surface area contributed by atoms with Crippen LogP contribution in [0.4, 0.5) is 11.4 Å². The largest absolute Gasteiger partial charge is 0.399 e. The Balaban J connectivity index is 2.30. The van der Waals surface area contributed by atoms with Crippen LogP contribution >= 0.6 is 50.7 Å². The number of nitrogens with two attached hydrogens (primary N) is 1. The average molecular weight is 395 g/mol. The lowest BCUT2D eigenvalue weighted by molar-refractivity contribution is 0.102. The van der Waals surface area contributed by atoms with Crippen LogP contribution in [-0.4, -0.2) is 10.9 Å². The molecule has 2 rings (SSSR count). The zero-order chi connectivity index (χ0) is 14.9. The Morgan fingerprint density at radius 2 is 1.95 bits per heavy atom. The van der Waals surface area contributed by atoms with Crippen molar-refractivity contribution in [2.45, 2.75) is 0 Å². The van der Waals surface area contributed by atoms with Crippen molar-refractivity contribution in [1.82, 2.24) is 4.98 Å². The van der Waals surface area contributed by atoms with E-state index in [2.05, 4.69) is 26.2 Å². The van der Waals surface area contributed by atoms with Crippen molar-refractivity contribution < 1.29 is 4.79 Å². The van der Waals surface area contributed by atoms with Gasteiger partial charge in [-0.15, -0.1) is 0 Å². The Hall–Kier alpha value is -1.01. The van der Waals surface area contributed by atoms with Gasteiger partial charge in [0.25, 0.3) is 5.91 Å². The molecule has 0 atom stereocenters. The minimum atomic E-state index is -0.444. The number of pyridine rings is 1. The lowest BCUT2D eigenvalue weighted by atomic mass is 10.2. The topological polar surface area (TPSA) is 68.0 Å². The SMILES string of the molecule is Nc1cc(Cl)c(Cl)c(C(=O)Nc2cnc(Cl)c(Br)c2)c1. The summed E-state index contributed by atoms with van der Waals surface area (Å²) in [6, 6.07) is 4.54. The molecule has 20 heavy (non-hydrogen) atoms. The fourth-order valence-electron chi connectivity index (χ4n) is 1.46. The number of halogens is 4. The minimum absolute atomic E-state index is 0.138. The Morgan fingerprint density at radius 1 is 1.25 bits per heavy atom. The molecule has 0 bridgehead atoms. The van der Waals surface area contributed by atoms with Gasteiger partial charge in [0, 0.05) is 5.69 Å². The lowest BCUT2D eigenvalue weighted by Gasteiger charge is -2.09. The third-order valence-corrected chi connectivity index (χ3v) is 4.29. The van der Waals surface area contributed by atoms with E-state index in [4.69, 9.17) is 40.5 Å². The first-order valence-electron chi connectivity index (χ1n) is 5.25. The van der Waals surface area contributed by atoms with Gasteiger partial charge in [-0.1, -0.05) is 34.8 Å². The molecule has 1 aromatic heterocycles. The molecule has 1 amide bonds. The van der Waals surface area contributed by atoms with Gasteiger partial charge in [-0.05, 0) is 34.1 Å². The summed E-state index contributed by atoms with van der Waals surface area (Å²) in [5.41, 5.74) is 6.63. The number of carbonyl (C=O) groups is 1. The van der Waals surface area contributed by atoms with Gasteiger partial charge in [-0.2, -0.15) is 0 Å². The third kappa shape index (κ3) is 3.35. The number of carbonyl (C=O) groups excluding carboxylic acids is 1. The van der Waals surface area contributed by atoms with Gasteiger partial charge in [-0.3, -0.25) is 4.79 Å². The van der Waals surface area contributed by atoms with Crippen LogP contribution in [0.3, 0.4) is 0 Å². The summed E-state index contributed by atoms with van der Waals surface area (Å²) in [5, 5.41) is 3.29. The van der Waals surface area contributed by atoms with Gasteiger partial charge < -0.3 is 11.1 Å². The number of aromatic nitrogens is 1. The standard InChI is InChI=1S/C12H7BrCl3N3O/c13-8-3-6(4-18-11(8)16)19-12(20)7-1-5(17)2-9(14)10(7)15/h1-4H,17H2,(H,19,20). The molecule has 0 aliphatic rings. The smallest absolute Gasteiger partial charge is 0.257 e. The van der Waals surface area contributed by atoms with Crippen molar-refractivity contribution in [2.75, 3.05) is 11.1 Å². The minimum Gasteiger partial charge on any atom is -0.399 e. The van der Waals surface area contributed by atoms with E-state index < -0.39 is 5.91 Å². The summed E-state index contributed by atoms with van der Waals surface area (Å²) in [6.07, 6.45) is 1.42. The zero-order valence-electron chi connectivity index (χ0n) is 9.75. The molecule has 0 saturated heterocycles. The summed E-state index contributed by atoms with van der Waals surface area (Å²) in [5.74, 6) is -0.444. The third-order valence-electron chi connectivity index (χ3n) is 2.35. The molecule has 0 spiro atoms. The van der Waals surface area contributed by atoms with E-state index in [0.29, 0.717) is 21.0 Å². The Bertz CT molecular complexity index is 694. The van der Waals surface area contributed by atoms with E-state index in [-0.39, 0.29) is 15.6 Å². The molecule has 0 aliphatic carbocycles. The first-order chi connectivity index (χ1) is 9.38. The van der Waals surface area contributed by atoms with Crippen LogP contribution in [-0.2, 0) is 0 Å². The van der Waals surface area contributed by atoms with Gasteiger partial charge in [0.2, 0.25) is 0 Å². The molecule has 0 radical (unpaired) electrons. The van der Waals surface area contributed by atoms with Crippen LogP contribution in [0.25, 0.3) is 0 Å². The molecule has 0 fully saturated rings. The van der Waals surface area contributed by atoms with Gasteiger partial charge in [0.1, 0.15) is 5.15 Å². The average Bonchev–Trinajstić information content (AvgIpc) is 2.38. The van der Waals surface area contributed by atoms with Crippen molar-refractivity contribution in [1.29, 1.82) is 0 Å². The molecule has 3 N–H and O–H groups in total. The molecular formula is C12H7BrCl3N3O. The number of benzene rings is 1. The van der Waals surface area contributed by atoms with Crippen molar-refractivity contribution >= 4 is 68.0 Å². The molecule has 1 aromatic carbocycles. The molecule has 2 aromatic rings. The molecule has 4 nitrogen and oxygen atoms in total. The van der Waals surface area contributed by atoms with Gasteiger partial charge in [0.05, 0.1) is 32.0 Å². The van der Waals surface area contributed by atoms with Crippen LogP contribution in [0, 0.1) is 0 Å². The number of nitrogen functional groups attached to an aromatic ring is 1. The van der Waals surface area contributed by atoms with Crippen LogP contribution in [0.15, 0.2) is 28.9 Å². The predicted molar refractivity (Wildman–Crippen MR) is 85.8 cm³/mol. The molecule has 104 valence electrons. The van der Waals surface area contributed by atoms with Crippen LogP contribution < -0.4 is 11.1 Å². The molecule has 8 heteroatoms. The Labute approximate surface area is 138 Å². The van der Waals surface area contributed by atoms with E-state index in [1.54, 1.807) is 6.07 Å². The van der Waals surface area contributed by atoms with Crippen molar-refractivity contribution in [2.24, 2.45) is 0 Å². The van der Waals surface area contributed by atoms with Crippen LogP contribution in [0.1, 0.15) is 10.4 Å². The fourth-order valence-corrected chi connectivity index (χ4v) is 2.34.